The minimum Gasteiger partial charge on any atom is -0.493 e. The summed E-state index contributed by atoms with van der Waals surface area (Å²) in [6, 6.07) is 7.07. The van der Waals surface area contributed by atoms with Crippen LogP contribution < -0.4 is 20.3 Å². The average molecular weight is 359 g/mol. The van der Waals surface area contributed by atoms with Gasteiger partial charge in [-0.15, -0.1) is 11.3 Å². The highest BCUT2D eigenvalue weighted by molar-refractivity contribution is 7.09. The van der Waals surface area contributed by atoms with Crippen molar-refractivity contribution in [1.82, 2.24) is 14.9 Å². The molecule has 2 aromatic heterocycles. The van der Waals surface area contributed by atoms with Crippen molar-refractivity contribution in [1.29, 1.82) is 0 Å². The lowest BCUT2D eigenvalue weighted by atomic mass is 10.2. The summed E-state index contributed by atoms with van der Waals surface area (Å²) in [7, 11) is 3.01. The van der Waals surface area contributed by atoms with Gasteiger partial charge in [0.15, 0.2) is 11.5 Å². The second-order valence-electron chi connectivity index (χ2n) is 5.26. The number of carbonyl (C=O) groups is 1. The summed E-state index contributed by atoms with van der Waals surface area (Å²) in [6.45, 7) is 0.346. The summed E-state index contributed by atoms with van der Waals surface area (Å²) >= 11 is 1.56. The Morgan fingerprint density at radius 1 is 1.28 bits per heavy atom. The molecule has 0 atom stereocenters. The van der Waals surface area contributed by atoms with Crippen molar-refractivity contribution in [2.24, 2.45) is 0 Å². The molecule has 7 nitrogen and oxygen atoms in total. The number of thiophene rings is 1. The lowest BCUT2D eigenvalue weighted by Gasteiger charge is -2.10. The second-order valence-corrected chi connectivity index (χ2v) is 6.29. The average Bonchev–Trinajstić information content (AvgIpc) is 3.15. The largest absolute Gasteiger partial charge is 0.493 e. The summed E-state index contributed by atoms with van der Waals surface area (Å²) in [6.07, 6.45) is 1.36. The Balaban J connectivity index is 1.83. The fourth-order valence-electron chi connectivity index (χ4n) is 2.41. The first-order chi connectivity index (χ1) is 12.1. The van der Waals surface area contributed by atoms with Crippen LogP contribution in [0.3, 0.4) is 0 Å². The Labute approximate surface area is 147 Å². The second kappa shape index (κ2) is 7.35. The molecule has 0 saturated heterocycles. The van der Waals surface area contributed by atoms with E-state index >= 15 is 0 Å². The number of amides is 1. The van der Waals surface area contributed by atoms with E-state index in [0.717, 1.165) is 4.88 Å². The van der Waals surface area contributed by atoms with Crippen LogP contribution in [0.1, 0.15) is 4.88 Å². The maximum atomic E-state index is 12.6. The lowest BCUT2D eigenvalue weighted by Crippen LogP contribution is -2.32. The van der Waals surface area contributed by atoms with Gasteiger partial charge in [0, 0.05) is 10.9 Å². The predicted octanol–water partition coefficient (Wildman–Crippen LogP) is 1.79. The van der Waals surface area contributed by atoms with Crippen molar-refractivity contribution in [3.05, 3.63) is 51.2 Å². The Bertz CT molecular complexity index is 950. The van der Waals surface area contributed by atoms with Gasteiger partial charge in [0.1, 0.15) is 6.54 Å². The van der Waals surface area contributed by atoms with Gasteiger partial charge in [0.05, 0.1) is 38.0 Å². The number of carbonyl (C=O) groups excluding carboxylic acids is 1. The summed E-state index contributed by atoms with van der Waals surface area (Å²) in [4.78, 5) is 30.0. The van der Waals surface area contributed by atoms with Crippen LogP contribution in [0, 0.1) is 0 Å². The van der Waals surface area contributed by atoms with Crippen LogP contribution in [0.2, 0.25) is 0 Å². The third-order valence-corrected chi connectivity index (χ3v) is 4.56. The lowest BCUT2D eigenvalue weighted by molar-refractivity contribution is -0.121. The molecular formula is C17H17N3O4S. The number of benzene rings is 1. The van der Waals surface area contributed by atoms with E-state index < -0.39 is 0 Å². The van der Waals surface area contributed by atoms with Crippen LogP contribution in [0.15, 0.2) is 40.8 Å². The van der Waals surface area contributed by atoms with E-state index in [1.165, 1.54) is 25.1 Å². The molecule has 1 amide bonds. The highest BCUT2D eigenvalue weighted by Gasteiger charge is 2.12. The molecule has 0 spiro atoms. The normalized spacial score (nSPS) is 10.6. The summed E-state index contributed by atoms with van der Waals surface area (Å²) in [5.74, 6) is 0.680. The van der Waals surface area contributed by atoms with E-state index in [1.54, 1.807) is 23.5 Å². The highest BCUT2D eigenvalue weighted by atomic mass is 32.1. The standard InChI is InChI=1S/C17H17N3O4S/c1-23-14-6-12-13(7-15(14)24-2)19-10-20(17(12)22)9-16(21)18-8-11-4-3-5-25-11/h3-7,10H,8-9H2,1-2H3,(H,18,21). The topological polar surface area (TPSA) is 82.5 Å². The van der Waals surface area contributed by atoms with E-state index in [-0.39, 0.29) is 18.0 Å². The van der Waals surface area contributed by atoms with Crippen molar-refractivity contribution < 1.29 is 14.3 Å². The van der Waals surface area contributed by atoms with Crippen molar-refractivity contribution in [2.75, 3.05) is 14.2 Å². The molecule has 0 saturated carbocycles. The van der Waals surface area contributed by atoms with Crippen molar-refractivity contribution in [3.63, 3.8) is 0 Å². The minimum absolute atomic E-state index is 0.0957. The third-order valence-electron chi connectivity index (χ3n) is 3.68. The first kappa shape index (κ1) is 17.0. The van der Waals surface area contributed by atoms with Crippen molar-refractivity contribution in [2.45, 2.75) is 13.1 Å². The molecule has 1 N–H and O–H groups in total. The highest BCUT2D eigenvalue weighted by Crippen LogP contribution is 2.29. The zero-order valence-corrected chi connectivity index (χ0v) is 14.6. The smallest absolute Gasteiger partial charge is 0.261 e. The maximum absolute atomic E-state index is 12.6. The number of aromatic nitrogens is 2. The number of ether oxygens (including phenoxy) is 2. The first-order valence-corrected chi connectivity index (χ1v) is 8.40. The van der Waals surface area contributed by atoms with Gasteiger partial charge in [-0.2, -0.15) is 0 Å². The van der Waals surface area contributed by atoms with E-state index in [1.807, 2.05) is 17.5 Å². The monoisotopic (exact) mass is 359 g/mol. The zero-order valence-electron chi connectivity index (χ0n) is 13.8. The summed E-state index contributed by atoms with van der Waals surface area (Å²) < 4.78 is 11.7. The van der Waals surface area contributed by atoms with Crippen LogP contribution in [-0.2, 0) is 17.9 Å². The number of hydrogen-bond donors (Lipinski definition) is 1. The van der Waals surface area contributed by atoms with Gasteiger partial charge < -0.3 is 14.8 Å². The summed E-state index contributed by atoms with van der Waals surface area (Å²) in [5, 5.41) is 5.10. The van der Waals surface area contributed by atoms with Gasteiger partial charge >= 0.3 is 0 Å². The number of nitrogens with zero attached hydrogens (tertiary/aromatic N) is 2. The van der Waals surface area contributed by atoms with Gasteiger partial charge in [-0.05, 0) is 17.5 Å². The van der Waals surface area contributed by atoms with Crippen LogP contribution in [0.25, 0.3) is 10.9 Å². The SMILES string of the molecule is COc1cc2ncn(CC(=O)NCc3cccs3)c(=O)c2cc1OC. The molecule has 3 rings (SSSR count). The Kier molecular flexibility index (Phi) is 4.99. The summed E-state index contributed by atoms with van der Waals surface area (Å²) in [5.41, 5.74) is 0.176. The fourth-order valence-corrected chi connectivity index (χ4v) is 3.05. The van der Waals surface area contributed by atoms with Crippen molar-refractivity contribution >= 4 is 28.1 Å². The molecule has 0 aliphatic heterocycles. The Hall–Kier alpha value is -2.87. The molecule has 8 heteroatoms. The zero-order chi connectivity index (χ0) is 17.8. The maximum Gasteiger partial charge on any atom is 0.261 e. The van der Waals surface area contributed by atoms with E-state index in [2.05, 4.69) is 10.3 Å². The molecule has 2 heterocycles. The van der Waals surface area contributed by atoms with Crippen LogP contribution >= 0.6 is 11.3 Å². The molecule has 0 fully saturated rings. The Morgan fingerprint density at radius 3 is 2.72 bits per heavy atom. The number of nitrogens with one attached hydrogen (secondary N) is 1. The molecule has 130 valence electrons. The molecular weight excluding hydrogens is 342 g/mol. The Morgan fingerprint density at radius 2 is 2.04 bits per heavy atom. The first-order valence-electron chi connectivity index (χ1n) is 7.52. The number of rotatable bonds is 6. The molecule has 0 aliphatic rings. The van der Waals surface area contributed by atoms with Crippen LogP contribution in [0.4, 0.5) is 0 Å². The van der Waals surface area contributed by atoms with E-state index in [9.17, 15) is 9.59 Å². The van der Waals surface area contributed by atoms with Gasteiger partial charge in [-0.3, -0.25) is 14.2 Å². The number of methoxy groups -OCH3 is 2. The fraction of sp³-hybridized carbons (Fsp3) is 0.235. The van der Waals surface area contributed by atoms with Crippen LogP contribution in [-0.4, -0.2) is 29.7 Å². The molecule has 1 aromatic carbocycles. The number of hydrogen-bond acceptors (Lipinski definition) is 6. The quantitative estimate of drug-likeness (QED) is 0.726. The van der Waals surface area contributed by atoms with Gasteiger partial charge in [-0.1, -0.05) is 6.07 Å². The molecule has 0 bridgehead atoms. The predicted molar refractivity (Wildman–Crippen MR) is 95.3 cm³/mol. The van der Waals surface area contributed by atoms with E-state index in [4.69, 9.17) is 9.47 Å². The number of fused-ring (bicyclic) bond motifs is 1. The molecule has 0 radical (unpaired) electrons. The van der Waals surface area contributed by atoms with E-state index in [0.29, 0.717) is 28.9 Å². The van der Waals surface area contributed by atoms with Gasteiger partial charge in [-0.25, -0.2) is 4.98 Å². The van der Waals surface area contributed by atoms with Crippen LogP contribution in [0.5, 0.6) is 11.5 Å². The molecule has 25 heavy (non-hydrogen) atoms. The third kappa shape index (κ3) is 3.63. The van der Waals surface area contributed by atoms with Gasteiger partial charge in [0.25, 0.3) is 5.56 Å². The molecule has 0 unspecified atom stereocenters. The van der Waals surface area contributed by atoms with Crippen molar-refractivity contribution in [3.8, 4) is 11.5 Å². The molecule has 3 aromatic rings. The van der Waals surface area contributed by atoms with Gasteiger partial charge in [0.2, 0.25) is 5.91 Å². The molecule has 0 aliphatic carbocycles. The minimum atomic E-state index is -0.308.